The van der Waals surface area contributed by atoms with Crippen LogP contribution in [-0.4, -0.2) is 20.9 Å². The Kier molecular flexibility index (Phi) is 6.36. The van der Waals surface area contributed by atoms with Crippen molar-refractivity contribution in [2.45, 2.75) is 19.5 Å². The van der Waals surface area contributed by atoms with Gasteiger partial charge in [0.15, 0.2) is 5.13 Å². The van der Waals surface area contributed by atoms with Gasteiger partial charge in [0.05, 0.1) is 11.3 Å². The van der Waals surface area contributed by atoms with Crippen LogP contribution in [0.2, 0.25) is 0 Å². The number of hydrogen-bond donors (Lipinski definition) is 2. The van der Waals surface area contributed by atoms with E-state index in [1.807, 2.05) is 6.92 Å². The summed E-state index contributed by atoms with van der Waals surface area (Å²) >= 11 is 1.24. The van der Waals surface area contributed by atoms with Crippen molar-refractivity contribution >= 4 is 33.9 Å². The minimum Gasteiger partial charge on any atom is -0.340 e. The second-order valence-corrected chi connectivity index (χ2v) is 8.06. The molecule has 0 saturated heterocycles. The lowest BCUT2D eigenvalue weighted by atomic mass is 10.1. The number of alkyl halides is 3. The highest BCUT2D eigenvalue weighted by Gasteiger charge is 2.30. The van der Waals surface area contributed by atoms with Crippen LogP contribution in [0.25, 0.3) is 11.3 Å². The molecule has 0 atom stereocenters. The van der Waals surface area contributed by atoms with E-state index in [0.717, 1.165) is 22.7 Å². The monoisotopic (exact) mass is 469 g/mol. The molecule has 0 saturated carbocycles. The van der Waals surface area contributed by atoms with Gasteiger partial charge in [0.25, 0.3) is 5.91 Å². The number of rotatable bonds is 6. The van der Waals surface area contributed by atoms with Crippen LogP contribution < -0.4 is 10.6 Å². The van der Waals surface area contributed by atoms with Crippen LogP contribution in [0, 0.1) is 0 Å². The predicted molar refractivity (Wildman–Crippen MR) is 122 cm³/mol. The SMILES string of the molecule is CCc1sc(NC(=O)c2ccc(Nc3ccncn3)cc2)nc1-c1cccc(C(F)(F)F)c1. The van der Waals surface area contributed by atoms with E-state index in [2.05, 4.69) is 25.6 Å². The third kappa shape index (κ3) is 5.35. The number of amides is 1. The minimum absolute atomic E-state index is 0.326. The van der Waals surface area contributed by atoms with Gasteiger partial charge in [-0.25, -0.2) is 15.0 Å². The summed E-state index contributed by atoms with van der Waals surface area (Å²) in [6, 6.07) is 13.5. The van der Waals surface area contributed by atoms with Crippen LogP contribution in [0.5, 0.6) is 0 Å². The summed E-state index contributed by atoms with van der Waals surface area (Å²) in [5, 5.41) is 6.17. The highest BCUT2D eigenvalue weighted by atomic mass is 32.1. The molecule has 10 heteroatoms. The highest BCUT2D eigenvalue weighted by Crippen LogP contribution is 2.36. The third-order valence-electron chi connectivity index (χ3n) is 4.70. The Morgan fingerprint density at radius 3 is 2.55 bits per heavy atom. The zero-order valence-electron chi connectivity index (χ0n) is 17.3. The molecule has 0 bridgehead atoms. The summed E-state index contributed by atoms with van der Waals surface area (Å²) in [5.74, 6) is 0.259. The van der Waals surface area contributed by atoms with E-state index in [0.29, 0.717) is 34.2 Å². The average Bonchev–Trinajstić information content (AvgIpc) is 3.22. The summed E-state index contributed by atoms with van der Waals surface area (Å²) in [6.07, 6.45) is -0.827. The van der Waals surface area contributed by atoms with Gasteiger partial charge in [-0.1, -0.05) is 19.1 Å². The van der Waals surface area contributed by atoms with Crippen LogP contribution in [0.3, 0.4) is 0 Å². The number of benzene rings is 2. The van der Waals surface area contributed by atoms with E-state index in [1.54, 1.807) is 42.6 Å². The van der Waals surface area contributed by atoms with Gasteiger partial charge in [-0.3, -0.25) is 10.1 Å². The molecule has 168 valence electrons. The van der Waals surface area contributed by atoms with Gasteiger partial charge in [-0.15, -0.1) is 11.3 Å². The molecule has 0 aliphatic rings. The van der Waals surface area contributed by atoms with Crippen LogP contribution >= 0.6 is 11.3 Å². The van der Waals surface area contributed by atoms with E-state index >= 15 is 0 Å². The maximum absolute atomic E-state index is 13.1. The van der Waals surface area contributed by atoms with E-state index in [1.165, 1.54) is 23.7 Å². The third-order valence-corrected chi connectivity index (χ3v) is 5.82. The number of hydrogen-bond acceptors (Lipinski definition) is 6. The van der Waals surface area contributed by atoms with Crippen molar-refractivity contribution in [2.24, 2.45) is 0 Å². The summed E-state index contributed by atoms with van der Waals surface area (Å²) < 4.78 is 39.3. The molecule has 0 fully saturated rings. The molecule has 33 heavy (non-hydrogen) atoms. The van der Waals surface area contributed by atoms with Gasteiger partial charge >= 0.3 is 6.18 Å². The minimum atomic E-state index is -4.44. The summed E-state index contributed by atoms with van der Waals surface area (Å²) in [6.45, 7) is 1.89. The molecule has 2 N–H and O–H groups in total. The van der Waals surface area contributed by atoms with Gasteiger partial charge in [0.2, 0.25) is 0 Å². The quantitative estimate of drug-likeness (QED) is 0.353. The summed E-state index contributed by atoms with van der Waals surface area (Å²) in [7, 11) is 0. The molecular weight excluding hydrogens is 451 g/mol. The summed E-state index contributed by atoms with van der Waals surface area (Å²) in [4.78, 5) is 25.8. The number of aryl methyl sites for hydroxylation is 1. The zero-order valence-corrected chi connectivity index (χ0v) is 18.2. The van der Waals surface area contributed by atoms with E-state index in [-0.39, 0.29) is 5.91 Å². The summed E-state index contributed by atoms with van der Waals surface area (Å²) in [5.41, 5.74) is 1.22. The van der Waals surface area contributed by atoms with E-state index in [4.69, 9.17) is 0 Å². The number of thiazole rings is 1. The second-order valence-electron chi connectivity index (χ2n) is 6.97. The van der Waals surface area contributed by atoms with Crippen molar-refractivity contribution in [3.8, 4) is 11.3 Å². The van der Waals surface area contributed by atoms with Crippen LogP contribution in [-0.2, 0) is 12.6 Å². The van der Waals surface area contributed by atoms with Gasteiger partial charge in [-0.05, 0) is 48.9 Å². The number of nitrogens with zero attached hydrogens (tertiary/aromatic N) is 3. The lowest BCUT2D eigenvalue weighted by Gasteiger charge is -2.08. The number of nitrogens with one attached hydrogen (secondary N) is 2. The molecule has 4 rings (SSSR count). The number of carbonyl (C=O) groups excluding carboxylic acids is 1. The Bertz CT molecular complexity index is 1260. The van der Waals surface area contributed by atoms with Crippen molar-refractivity contribution in [1.29, 1.82) is 0 Å². The first-order chi connectivity index (χ1) is 15.8. The normalized spacial score (nSPS) is 11.3. The van der Waals surface area contributed by atoms with E-state index in [9.17, 15) is 18.0 Å². The molecule has 2 heterocycles. The van der Waals surface area contributed by atoms with Crippen LogP contribution in [0.1, 0.15) is 27.7 Å². The molecule has 1 amide bonds. The molecule has 0 aliphatic carbocycles. The number of carbonyl (C=O) groups is 1. The highest BCUT2D eigenvalue weighted by molar-refractivity contribution is 7.16. The predicted octanol–water partition coefficient (Wildman–Crippen LogP) is 6.18. The van der Waals surface area contributed by atoms with Crippen molar-refractivity contribution in [2.75, 3.05) is 10.6 Å². The molecule has 2 aromatic heterocycles. The molecule has 0 aliphatic heterocycles. The maximum atomic E-state index is 13.1. The van der Waals surface area contributed by atoms with Gasteiger partial charge in [0, 0.05) is 27.9 Å². The fraction of sp³-hybridized carbons (Fsp3) is 0.130. The zero-order chi connectivity index (χ0) is 23.4. The lowest BCUT2D eigenvalue weighted by Crippen LogP contribution is -2.11. The molecular formula is C23H18F3N5OS. The van der Waals surface area contributed by atoms with Crippen molar-refractivity contribution in [3.63, 3.8) is 0 Å². The number of anilines is 3. The molecule has 4 aromatic rings. The average molecular weight is 469 g/mol. The Balaban J connectivity index is 1.50. The first kappa shape index (κ1) is 22.4. The van der Waals surface area contributed by atoms with Crippen LogP contribution in [0.4, 0.5) is 29.8 Å². The van der Waals surface area contributed by atoms with Crippen molar-refractivity contribution < 1.29 is 18.0 Å². The second kappa shape index (κ2) is 9.37. The van der Waals surface area contributed by atoms with Crippen molar-refractivity contribution in [3.05, 3.63) is 83.1 Å². The molecule has 0 unspecified atom stereocenters. The smallest absolute Gasteiger partial charge is 0.340 e. The number of halogens is 3. The first-order valence-corrected chi connectivity index (χ1v) is 10.8. The lowest BCUT2D eigenvalue weighted by molar-refractivity contribution is -0.137. The topological polar surface area (TPSA) is 79.8 Å². The fourth-order valence-corrected chi connectivity index (χ4v) is 4.02. The Hall–Kier alpha value is -3.79. The fourth-order valence-electron chi connectivity index (χ4n) is 3.10. The Labute approximate surface area is 191 Å². The molecule has 2 aromatic carbocycles. The molecule has 0 radical (unpaired) electrons. The van der Waals surface area contributed by atoms with Crippen LogP contribution in [0.15, 0.2) is 67.1 Å². The van der Waals surface area contributed by atoms with Crippen molar-refractivity contribution in [1.82, 2.24) is 15.0 Å². The molecule has 0 spiro atoms. The first-order valence-electron chi connectivity index (χ1n) is 9.95. The molecule has 6 nitrogen and oxygen atoms in total. The standard InChI is InChI=1S/C23H18F3N5OS/c1-2-18-20(15-4-3-5-16(12-15)23(24,25)26)30-22(33-18)31-21(32)14-6-8-17(9-7-14)29-19-10-11-27-13-28-19/h3-13H,2H2,1H3,(H,27,28,29)(H,30,31,32). The number of aromatic nitrogens is 3. The van der Waals surface area contributed by atoms with Gasteiger partial charge < -0.3 is 5.32 Å². The Morgan fingerprint density at radius 2 is 1.88 bits per heavy atom. The Morgan fingerprint density at radius 1 is 1.09 bits per heavy atom. The van der Waals surface area contributed by atoms with E-state index < -0.39 is 11.7 Å². The largest absolute Gasteiger partial charge is 0.416 e. The van der Waals surface area contributed by atoms with Gasteiger partial charge in [0.1, 0.15) is 12.1 Å². The van der Waals surface area contributed by atoms with Gasteiger partial charge in [-0.2, -0.15) is 13.2 Å². The maximum Gasteiger partial charge on any atom is 0.416 e.